The molecule has 4 aromatic heterocycles. The van der Waals surface area contributed by atoms with E-state index in [2.05, 4.69) is 66.9 Å². The van der Waals surface area contributed by atoms with E-state index in [0.717, 1.165) is 51.1 Å². The van der Waals surface area contributed by atoms with E-state index in [9.17, 15) is 51.5 Å². The molecule has 7 N–H and O–H groups in total. The summed E-state index contributed by atoms with van der Waals surface area (Å²) in [4.78, 5) is 107. The predicted octanol–water partition coefficient (Wildman–Crippen LogP) is -0.663. The van der Waals surface area contributed by atoms with E-state index in [-0.39, 0.29) is 36.3 Å². The first kappa shape index (κ1) is 52.4. The topological polar surface area (TPSA) is 325 Å². The fraction of sp³-hybridized carbons (Fsp3) is 0.243. The molecule has 1 aliphatic rings. The largest absolute Gasteiger partial charge is 1.00 e. The molecule has 1 saturated carbocycles. The first-order valence-electron chi connectivity index (χ1n) is 17.1. The van der Waals surface area contributed by atoms with Gasteiger partial charge < -0.3 is 45.0 Å². The molecule has 1 aliphatic carbocycles. The van der Waals surface area contributed by atoms with Gasteiger partial charge >= 0.3 is 60.3 Å². The summed E-state index contributed by atoms with van der Waals surface area (Å²) in [6, 6.07) is 9.83. The molecular formula is C37H36F3LiN9O12+. The normalized spacial score (nSPS) is 13.2. The maximum atomic E-state index is 11.6. The molecule has 0 spiro atoms. The van der Waals surface area contributed by atoms with Gasteiger partial charge in [0.25, 0.3) is 11.7 Å². The van der Waals surface area contributed by atoms with Crippen LogP contribution in [-0.4, -0.2) is 119 Å². The summed E-state index contributed by atoms with van der Waals surface area (Å²) in [5.41, 5.74) is 4.68. The molecule has 0 saturated heterocycles. The van der Waals surface area contributed by atoms with Crippen LogP contribution in [0.5, 0.6) is 5.75 Å². The maximum Gasteiger partial charge on any atom is 1.00 e. The number of para-hydroxylation sites is 1. The van der Waals surface area contributed by atoms with Crippen LogP contribution in [0, 0.1) is 23.7 Å². The number of hydrogen-bond acceptors (Lipinski definition) is 15. The zero-order valence-electron chi connectivity index (χ0n) is 32.9. The van der Waals surface area contributed by atoms with E-state index in [1.54, 1.807) is 0 Å². The standard InChI is InChI=1S/C16H18O3.C6H6N2O3.C5H3F3N2O.C5H5N3O2.C5H4N2O3.Li/c1-18-16(17)10-9-13-7-8-14(11-13)12-19-15-5-3-2-4-6-15;1-11-6(10)4(9)5-7-2-3-8-5;6-5(7,8)3(11)4-9-1-2-10-4;6-4(10)3(9)5-7-1-2-8-5;8-3(5(9)10)4-6-1-2-7-4;/h2-6,13-14H,7-8,11-12H2,1H3;2-3H,1H3,(H,7,8);1-2H,(H,9,10);1-2H,(H2,6,10)(H,7,8);1-2H,(H,6,7)(H,9,10);/q;;;;;+1. The van der Waals surface area contributed by atoms with Crippen molar-refractivity contribution in [2.45, 2.75) is 25.4 Å². The number of Topliss-reactive ketones (excluding diaryl/α,β-unsaturated/α-hetero) is 4. The second kappa shape index (κ2) is 27.2. The number of nitrogens with one attached hydrogen (secondary N) is 4. The summed E-state index contributed by atoms with van der Waals surface area (Å²) in [6.45, 7) is 0.723. The Bertz CT molecular complexity index is 2190. The van der Waals surface area contributed by atoms with Gasteiger partial charge in [-0.3, -0.25) is 24.0 Å². The quantitative estimate of drug-likeness (QED) is 0.0253. The number of carbonyl (C=O) groups is 8. The number of primary amides is 1. The van der Waals surface area contributed by atoms with Crippen LogP contribution in [0.25, 0.3) is 0 Å². The van der Waals surface area contributed by atoms with E-state index >= 15 is 0 Å². The number of carboxylic acid groups (broad SMARTS) is 1. The number of benzene rings is 1. The number of amides is 1. The Morgan fingerprint density at radius 2 is 1.23 bits per heavy atom. The molecule has 6 rings (SSSR count). The second-order valence-corrected chi connectivity index (χ2v) is 11.5. The van der Waals surface area contributed by atoms with Crippen LogP contribution in [-0.2, 0) is 28.7 Å². The molecule has 2 atom stereocenters. The first-order valence-corrected chi connectivity index (χ1v) is 17.1. The number of halogens is 3. The van der Waals surface area contributed by atoms with E-state index < -0.39 is 58.9 Å². The number of carboxylic acids is 1. The maximum absolute atomic E-state index is 11.6. The van der Waals surface area contributed by atoms with Gasteiger partial charge in [-0.05, 0) is 37.3 Å². The molecule has 1 fully saturated rings. The van der Waals surface area contributed by atoms with Crippen LogP contribution in [0.15, 0.2) is 79.9 Å². The number of esters is 2. The monoisotopic (exact) mass is 862 g/mol. The third-order valence-corrected chi connectivity index (χ3v) is 7.23. The van der Waals surface area contributed by atoms with Crippen molar-refractivity contribution in [1.82, 2.24) is 39.9 Å². The van der Waals surface area contributed by atoms with Crippen LogP contribution in [0.1, 0.15) is 61.7 Å². The molecular weight excluding hydrogens is 826 g/mol. The van der Waals surface area contributed by atoms with Crippen LogP contribution < -0.4 is 29.3 Å². The summed E-state index contributed by atoms with van der Waals surface area (Å²) in [5, 5.41) is 8.14. The SMILES string of the molecule is COC(=O)C#CC1CCC(COc2ccccc2)C1.COC(=O)C(=O)c1ncc[nH]1.NC(=O)C(=O)c1ncc[nH]1.O=C(O)C(=O)c1ncc[nH]1.O=C(c1ncc[nH]1)C(F)(F)F.[Li+]. The van der Waals surface area contributed by atoms with E-state index in [0.29, 0.717) is 11.8 Å². The number of nitrogens with zero attached hydrogens (tertiary/aromatic N) is 4. The third kappa shape index (κ3) is 19.0. The van der Waals surface area contributed by atoms with Crippen LogP contribution >= 0.6 is 0 Å². The van der Waals surface area contributed by atoms with E-state index in [1.807, 2.05) is 30.3 Å². The van der Waals surface area contributed by atoms with Gasteiger partial charge in [0.15, 0.2) is 23.3 Å². The van der Waals surface area contributed by atoms with Crippen molar-refractivity contribution < 1.29 is 89.7 Å². The molecule has 2 unspecified atom stereocenters. The molecule has 1 aromatic carbocycles. The van der Waals surface area contributed by atoms with Gasteiger partial charge in [0, 0.05) is 61.4 Å². The molecule has 1 amide bonds. The van der Waals surface area contributed by atoms with E-state index in [1.165, 1.54) is 44.3 Å². The van der Waals surface area contributed by atoms with Crippen molar-refractivity contribution in [1.29, 1.82) is 0 Å². The minimum absolute atomic E-state index is 0. The fourth-order valence-corrected chi connectivity index (χ4v) is 4.40. The zero-order chi connectivity index (χ0) is 45.4. The van der Waals surface area contributed by atoms with Gasteiger partial charge in [0.1, 0.15) is 5.75 Å². The molecule has 21 nitrogen and oxygen atoms in total. The number of ether oxygens (including phenoxy) is 3. The minimum atomic E-state index is -4.85. The summed E-state index contributed by atoms with van der Waals surface area (Å²) >= 11 is 0. The number of H-pyrrole nitrogens is 4. The zero-order valence-corrected chi connectivity index (χ0v) is 32.9. The molecule has 4 heterocycles. The van der Waals surface area contributed by atoms with Gasteiger partial charge in [-0.1, -0.05) is 24.1 Å². The fourth-order valence-electron chi connectivity index (χ4n) is 4.40. The average molecular weight is 863 g/mol. The van der Waals surface area contributed by atoms with Crippen molar-refractivity contribution in [3.8, 4) is 17.6 Å². The Kier molecular flexibility index (Phi) is 23.0. The number of nitrogens with two attached hydrogens (primary N) is 1. The number of alkyl halides is 3. The first-order chi connectivity index (χ1) is 29.0. The van der Waals surface area contributed by atoms with Crippen LogP contribution in [0.3, 0.4) is 0 Å². The number of hydrogen-bond donors (Lipinski definition) is 6. The number of ketones is 4. The van der Waals surface area contributed by atoms with Gasteiger partial charge in [-0.2, -0.15) is 13.2 Å². The van der Waals surface area contributed by atoms with Crippen molar-refractivity contribution in [2.24, 2.45) is 17.6 Å². The van der Waals surface area contributed by atoms with Crippen molar-refractivity contribution in [3.05, 3.63) is 103 Å². The Morgan fingerprint density at radius 1 is 0.742 bits per heavy atom. The number of aromatic amines is 4. The minimum Gasteiger partial charge on any atom is -0.493 e. The number of methoxy groups -OCH3 is 2. The molecule has 62 heavy (non-hydrogen) atoms. The Morgan fingerprint density at radius 3 is 1.65 bits per heavy atom. The molecule has 322 valence electrons. The summed E-state index contributed by atoms with van der Waals surface area (Å²) in [7, 11) is 2.49. The molecule has 0 bridgehead atoms. The van der Waals surface area contributed by atoms with Crippen molar-refractivity contribution in [3.63, 3.8) is 0 Å². The van der Waals surface area contributed by atoms with Gasteiger partial charge in [-0.15, -0.1) is 0 Å². The van der Waals surface area contributed by atoms with E-state index in [4.69, 9.17) is 9.84 Å². The molecule has 0 aliphatic heterocycles. The molecule has 5 aromatic rings. The number of rotatable bonds is 10. The predicted molar refractivity (Wildman–Crippen MR) is 199 cm³/mol. The summed E-state index contributed by atoms with van der Waals surface area (Å²) in [5.74, 6) is -2.05. The number of aromatic nitrogens is 8. The Labute approximate surface area is 360 Å². The summed E-state index contributed by atoms with van der Waals surface area (Å²) in [6.07, 6.45) is 8.87. The van der Waals surface area contributed by atoms with Crippen molar-refractivity contribution >= 4 is 46.9 Å². The number of imidazole rings is 4. The third-order valence-electron chi connectivity index (χ3n) is 7.23. The van der Waals surface area contributed by atoms with Crippen LogP contribution in [0.4, 0.5) is 13.2 Å². The van der Waals surface area contributed by atoms with Crippen molar-refractivity contribution in [2.75, 3.05) is 20.8 Å². The van der Waals surface area contributed by atoms with Gasteiger partial charge in [0.2, 0.25) is 0 Å². The molecule has 25 heteroatoms. The number of carbonyl (C=O) groups excluding carboxylic acids is 7. The van der Waals surface area contributed by atoms with Gasteiger partial charge in [-0.25, -0.2) is 34.3 Å². The smallest absolute Gasteiger partial charge is 0.493 e. The number of aliphatic carboxylic acids is 1. The Hall–Kier alpha value is -7.63. The average Bonchev–Trinajstić information content (AvgIpc) is 4.12. The second-order valence-electron chi connectivity index (χ2n) is 11.5. The Balaban J connectivity index is 0.000000397. The van der Waals surface area contributed by atoms with Gasteiger partial charge in [0.05, 0.1) is 20.8 Å². The summed E-state index contributed by atoms with van der Waals surface area (Å²) < 4.78 is 49.2. The van der Waals surface area contributed by atoms with Crippen LogP contribution in [0.2, 0.25) is 0 Å². The molecule has 0 radical (unpaired) electrons.